The van der Waals surface area contributed by atoms with Gasteiger partial charge in [-0.1, -0.05) is 17.7 Å². The molecule has 220 valence electrons. The van der Waals surface area contributed by atoms with Crippen LogP contribution in [0.5, 0.6) is 0 Å². The summed E-state index contributed by atoms with van der Waals surface area (Å²) in [5, 5.41) is 11.4. The lowest BCUT2D eigenvalue weighted by molar-refractivity contribution is -0.250. The number of rotatable bonds is 3. The Bertz CT molecular complexity index is 1510. The van der Waals surface area contributed by atoms with E-state index in [1.165, 1.54) is 0 Å². The Hall–Kier alpha value is -3.31. The number of nitrogens with zero attached hydrogens (tertiary/aromatic N) is 3. The molecule has 1 fully saturated rings. The highest BCUT2D eigenvalue weighted by Gasteiger charge is 2.57. The van der Waals surface area contributed by atoms with Crippen LogP contribution in [0.15, 0.2) is 30.6 Å². The normalized spacial score (nSPS) is 19.3. The van der Waals surface area contributed by atoms with Crippen LogP contribution in [-0.4, -0.2) is 67.3 Å². The lowest BCUT2D eigenvalue weighted by atomic mass is 9.86. The van der Waals surface area contributed by atoms with Gasteiger partial charge in [-0.2, -0.15) is 13.2 Å². The van der Waals surface area contributed by atoms with Crippen molar-refractivity contribution in [2.24, 2.45) is 0 Å². The molecule has 2 aliphatic heterocycles. The summed E-state index contributed by atoms with van der Waals surface area (Å²) >= 11 is 6.34. The number of ether oxygens (including phenoxy) is 1. The third-order valence-electron chi connectivity index (χ3n) is 7.69. The molecule has 5 rings (SSSR count). The number of aromatic nitrogens is 2. The smallest absolute Gasteiger partial charge is 0.426 e. The number of halogens is 4. The largest absolute Gasteiger partial charge is 0.444 e. The van der Waals surface area contributed by atoms with Crippen LogP contribution < -0.4 is 0 Å². The van der Waals surface area contributed by atoms with E-state index in [1.54, 1.807) is 38.1 Å². The van der Waals surface area contributed by atoms with E-state index in [2.05, 4.69) is 9.97 Å². The van der Waals surface area contributed by atoms with E-state index in [1.807, 2.05) is 18.2 Å². The summed E-state index contributed by atoms with van der Waals surface area (Å²) in [6.45, 7) is 6.15. The number of aliphatic hydroxyl groups is 1. The van der Waals surface area contributed by atoms with Crippen molar-refractivity contribution in [1.82, 2.24) is 19.8 Å². The number of aromatic amines is 1. The maximum Gasteiger partial charge on any atom is 0.426 e. The summed E-state index contributed by atoms with van der Waals surface area (Å²) in [6, 6.07) is 5.35. The van der Waals surface area contributed by atoms with Crippen molar-refractivity contribution in [3.63, 3.8) is 0 Å². The summed E-state index contributed by atoms with van der Waals surface area (Å²) in [7, 11) is 0. The lowest BCUT2D eigenvalue weighted by Gasteiger charge is -2.37. The molecule has 12 heteroatoms. The summed E-state index contributed by atoms with van der Waals surface area (Å²) in [5.74, 6) is -1.40. The highest BCUT2D eigenvalue weighted by molar-refractivity contribution is 6.35. The minimum absolute atomic E-state index is 0.00231. The van der Waals surface area contributed by atoms with Gasteiger partial charge in [-0.05, 0) is 81.3 Å². The van der Waals surface area contributed by atoms with Gasteiger partial charge in [0.1, 0.15) is 11.2 Å². The van der Waals surface area contributed by atoms with Crippen molar-refractivity contribution in [2.45, 2.75) is 76.9 Å². The SMILES string of the molecule is CC(C)(C)OC(=O)N1CCC[C@H]1c1cc(-c2cnc3[nH]cc(Cl)c3c2)cc2c1CN(C(=O)[C@](C)(O)C(F)(F)F)CC2. The molecule has 2 amide bonds. The quantitative estimate of drug-likeness (QED) is 0.380. The molecular formula is C29H32ClF3N4O4. The fraction of sp³-hybridized carbons (Fsp3) is 0.483. The molecule has 2 aromatic heterocycles. The zero-order valence-electron chi connectivity index (χ0n) is 23.2. The van der Waals surface area contributed by atoms with E-state index in [4.69, 9.17) is 16.3 Å². The Morgan fingerprint density at radius 2 is 1.85 bits per heavy atom. The first kappa shape index (κ1) is 29.2. The number of alkyl halides is 3. The highest BCUT2D eigenvalue weighted by Crippen LogP contribution is 2.41. The Labute approximate surface area is 240 Å². The highest BCUT2D eigenvalue weighted by atomic mass is 35.5. The van der Waals surface area contributed by atoms with Crippen LogP contribution in [0.4, 0.5) is 18.0 Å². The average Bonchev–Trinajstić information content (AvgIpc) is 3.52. The fourth-order valence-electron chi connectivity index (χ4n) is 5.52. The fourth-order valence-corrected chi connectivity index (χ4v) is 5.72. The number of hydrogen-bond donors (Lipinski definition) is 2. The molecule has 2 atom stereocenters. The predicted molar refractivity (Wildman–Crippen MR) is 147 cm³/mol. The molecule has 0 saturated carbocycles. The minimum Gasteiger partial charge on any atom is -0.444 e. The molecule has 1 saturated heterocycles. The van der Waals surface area contributed by atoms with Crippen molar-refractivity contribution in [3.8, 4) is 11.1 Å². The molecule has 3 aromatic rings. The van der Waals surface area contributed by atoms with Gasteiger partial charge in [0, 0.05) is 43.0 Å². The molecular weight excluding hydrogens is 561 g/mol. The van der Waals surface area contributed by atoms with Gasteiger partial charge in [0.2, 0.25) is 5.60 Å². The molecule has 0 aliphatic carbocycles. The van der Waals surface area contributed by atoms with Crippen LogP contribution in [0.1, 0.15) is 63.3 Å². The maximum absolute atomic E-state index is 13.5. The number of pyridine rings is 1. The Balaban J connectivity index is 1.59. The van der Waals surface area contributed by atoms with Gasteiger partial charge >= 0.3 is 12.3 Å². The van der Waals surface area contributed by atoms with Gasteiger partial charge in [-0.3, -0.25) is 4.79 Å². The number of nitrogens with one attached hydrogen (secondary N) is 1. The Kier molecular flexibility index (Phi) is 7.26. The zero-order chi connectivity index (χ0) is 29.9. The molecule has 41 heavy (non-hydrogen) atoms. The van der Waals surface area contributed by atoms with Gasteiger partial charge in [0.25, 0.3) is 5.91 Å². The molecule has 0 spiro atoms. The number of benzene rings is 1. The van der Waals surface area contributed by atoms with Gasteiger partial charge in [0.15, 0.2) is 0 Å². The lowest BCUT2D eigenvalue weighted by Crippen LogP contribution is -2.56. The number of hydrogen-bond acceptors (Lipinski definition) is 5. The predicted octanol–water partition coefficient (Wildman–Crippen LogP) is 6.15. The molecule has 2 aliphatic rings. The van der Waals surface area contributed by atoms with Crippen molar-refractivity contribution in [2.75, 3.05) is 13.1 Å². The second-order valence-electron chi connectivity index (χ2n) is 11.8. The molecule has 2 N–H and O–H groups in total. The van der Waals surface area contributed by atoms with Crippen LogP contribution in [0.3, 0.4) is 0 Å². The van der Waals surface area contributed by atoms with Crippen molar-refractivity contribution in [1.29, 1.82) is 0 Å². The first-order chi connectivity index (χ1) is 19.1. The summed E-state index contributed by atoms with van der Waals surface area (Å²) < 4.78 is 46.2. The molecule has 1 aromatic carbocycles. The number of H-pyrrole nitrogens is 1. The summed E-state index contributed by atoms with van der Waals surface area (Å²) in [6.07, 6.45) is -0.646. The van der Waals surface area contributed by atoms with E-state index in [0.717, 1.165) is 32.5 Å². The minimum atomic E-state index is -5.12. The van der Waals surface area contributed by atoms with Crippen LogP contribution in [0.25, 0.3) is 22.2 Å². The number of carbonyl (C=O) groups is 2. The zero-order valence-corrected chi connectivity index (χ0v) is 24.0. The number of fused-ring (bicyclic) bond motifs is 2. The third kappa shape index (κ3) is 5.49. The summed E-state index contributed by atoms with van der Waals surface area (Å²) in [5.41, 5.74) is 0.239. The number of amides is 2. The van der Waals surface area contributed by atoms with Crippen molar-refractivity contribution in [3.05, 3.63) is 52.3 Å². The average molecular weight is 593 g/mol. The number of likely N-dealkylation sites (tertiary alicyclic amines) is 1. The second-order valence-corrected chi connectivity index (χ2v) is 12.2. The monoisotopic (exact) mass is 592 g/mol. The first-order valence-electron chi connectivity index (χ1n) is 13.4. The van der Waals surface area contributed by atoms with Crippen molar-refractivity contribution < 1.29 is 32.6 Å². The molecule has 0 unspecified atom stereocenters. The van der Waals surface area contributed by atoms with Gasteiger partial charge < -0.3 is 24.6 Å². The molecule has 4 heterocycles. The van der Waals surface area contributed by atoms with E-state index >= 15 is 0 Å². The van der Waals surface area contributed by atoms with Gasteiger partial charge in [0.05, 0.1) is 11.1 Å². The van der Waals surface area contributed by atoms with E-state index < -0.39 is 35.4 Å². The van der Waals surface area contributed by atoms with E-state index in [9.17, 15) is 27.9 Å². The first-order valence-corrected chi connectivity index (χ1v) is 13.8. The Morgan fingerprint density at radius 1 is 1.12 bits per heavy atom. The molecule has 0 bridgehead atoms. The molecule has 8 nitrogen and oxygen atoms in total. The van der Waals surface area contributed by atoms with Crippen LogP contribution in [-0.2, 0) is 22.5 Å². The van der Waals surface area contributed by atoms with Gasteiger partial charge in [-0.25, -0.2) is 9.78 Å². The van der Waals surface area contributed by atoms with Crippen LogP contribution in [0.2, 0.25) is 5.02 Å². The molecule has 0 radical (unpaired) electrons. The second kappa shape index (κ2) is 10.2. The van der Waals surface area contributed by atoms with E-state index in [0.29, 0.717) is 42.5 Å². The van der Waals surface area contributed by atoms with Crippen LogP contribution in [0, 0.1) is 0 Å². The number of carbonyl (C=O) groups excluding carboxylic acids is 2. The topological polar surface area (TPSA) is 98.8 Å². The van der Waals surface area contributed by atoms with Crippen molar-refractivity contribution >= 4 is 34.6 Å². The van der Waals surface area contributed by atoms with Gasteiger partial charge in [-0.15, -0.1) is 0 Å². The third-order valence-corrected chi connectivity index (χ3v) is 8.00. The van der Waals surface area contributed by atoms with E-state index in [-0.39, 0.29) is 19.5 Å². The van der Waals surface area contributed by atoms with Crippen LogP contribution >= 0.6 is 11.6 Å². The summed E-state index contributed by atoms with van der Waals surface area (Å²) in [4.78, 5) is 36.3. The Morgan fingerprint density at radius 3 is 2.54 bits per heavy atom. The standard InChI is InChI=1S/C29H32ClF3N4O4/c1-27(2,3)41-26(39)37-8-5-6-23(37)19-11-17(18-12-20-22(30)14-35-24(20)34-13-18)10-16-7-9-36(15-21(16)19)25(38)28(4,40)29(31,32)33/h10-14,23,40H,5-9,15H2,1-4H3,(H,34,35)/t23-,28-/m0/s1. The maximum atomic E-state index is 13.5.